The molecule has 15 nitrogen and oxygen atoms in total. The number of rotatable bonds is 12. The lowest BCUT2D eigenvalue weighted by Gasteiger charge is -2.30. The van der Waals surface area contributed by atoms with Gasteiger partial charge >= 0.3 is 0 Å². The van der Waals surface area contributed by atoms with Gasteiger partial charge in [0.05, 0.1) is 42.9 Å². The minimum absolute atomic E-state index is 0.00250. The lowest BCUT2D eigenvalue weighted by molar-refractivity contribution is -0.142. The van der Waals surface area contributed by atoms with E-state index in [1.807, 2.05) is 44.2 Å². The summed E-state index contributed by atoms with van der Waals surface area (Å²) in [5, 5.41) is 5.57. The van der Waals surface area contributed by atoms with Crippen molar-refractivity contribution < 1.29 is 46.5 Å². The zero-order valence-corrected chi connectivity index (χ0v) is 35.0. The van der Waals surface area contributed by atoms with Crippen LogP contribution >= 0.6 is 11.8 Å². The van der Waals surface area contributed by atoms with Crippen molar-refractivity contribution in [2.24, 2.45) is 5.92 Å². The molecule has 4 amide bonds. The zero-order valence-electron chi connectivity index (χ0n) is 33.4. The molecule has 17 heteroatoms. The lowest BCUT2D eigenvalue weighted by atomic mass is 10.0. The van der Waals surface area contributed by atoms with Gasteiger partial charge in [0, 0.05) is 41.4 Å². The van der Waals surface area contributed by atoms with Crippen LogP contribution in [0.5, 0.6) is 17.4 Å². The third-order valence-corrected chi connectivity index (χ3v) is 14.6. The van der Waals surface area contributed by atoms with Crippen LogP contribution in [0, 0.1) is 12.8 Å². The minimum atomic E-state index is -3.90. The predicted octanol–water partition coefficient (Wildman–Crippen LogP) is 3.82. The largest absolute Gasteiger partial charge is 0.496 e. The summed E-state index contributed by atoms with van der Waals surface area (Å²) >= 11 is 1.41. The van der Waals surface area contributed by atoms with Crippen LogP contribution in [0.1, 0.15) is 76.7 Å². The smallest absolute Gasteiger partial charge is 0.259 e. The highest BCUT2D eigenvalue weighted by Crippen LogP contribution is 2.46. The first-order valence-corrected chi connectivity index (χ1v) is 22.6. The molecule has 58 heavy (non-hydrogen) atoms. The van der Waals surface area contributed by atoms with Crippen molar-refractivity contribution in [1.29, 1.82) is 0 Å². The van der Waals surface area contributed by atoms with E-state index in [2.05, 4.69) is 15.4 Å². The molecule has 3 N–H and O–H groups in total. The summed E-state index contributed by atoms with van der Waals surface area (Å²) in [6.07, 6.45) is 10.1. The minimum Gasteiger partial charge on any atom is -0.496 e. The third-order valence-electron chi connectivity index (χ3n) is 11.5. The second-order valence-electron chi connectivity index (χ2n) is 15.7. The third kappa shape index (κ3) is 8.95. The summed E-state index contributed by atoms with van der Waals surface area (Å²) in [6.45, 7) is 4.50. The van der Waals surface area contributed by atoms with Crippen LogP contribution < -0.4 is 29.6 Å². The normalized spacial score (nSPS) is 28.2. The fourth-order valence-electron chi connectivity index (χ4n) is 8.10. The van der Waals surface area contributed by atoms with Crippen LogP contribution in [0.4, 0.5) is 0 Å². The number of allylic oxidation sites excluding steroid dienone is 2. The number of carbonyl (C=O) groups excluding carboxylic acids is 4. The summed E-state index contributed by atoms with van der Waals surface area (Å²) in [4.78, 5) is 64.0. The molecule has 2 aromatic rings. The Kier molecular flexibility index (Phi) is 12.6. The van der Waals surface area contributed by atoms with Crippen molar-refractivity contribution in [2.45, 2.75) is 112 Å². The first kappa shape index (κ1) is 41.8. The maximum atomic E-state index is 14.8. The van der Waals surface area contributed by atoms with Crippen LogP contribution in [-0.2, 0) is 33.9 Å². The molecule has 3 aliphatic heterocycles. The first-order valence-electron chi connectivity index (χ1n) is 20.2. The van der Waals surface area contributed by atoms with Gasteiger partial charge in [-0.15, -0.1) is 11.8 Å². The van der Waals surface area contributed by atoms with E-state index >= 15 is 0 Å². The molecule has 0 radical (unpaired) electrons. The molecule has 2 aliphatic carbocycles. The number of hydrogen-bond acceptors (Lipinski definition) is 12. The Morgan fingerprint density at radius 1 is 1.10 bits per heavy atom. The van der Waals surface area contributed by atoms with Gasteiger partial charge in [0.1, 0.15) is 35.2 Å². The average molecular weight is 840 g/mol. The van der Waals surface area contributed by atoms with Crippen LogP contribution in [0.25, 0.3) is 10.9 Å². The fourth-order valence-corrected chi connectivity index (χ4v) is 10.6. The van der Waals surface area contributed by atoms with Gasteiger partial charge in [0.2, 0.25) is 33.6 Å². The number of nitrogens with zero attached hydrogens (tertiary/aromatic N) is 2. The van der Waals surface area contributed by atoms with E-state index in [0.717, 1.165) is 23.3 Å². The Balaban J connectivity index is 1.20. The maximum Gasteiger partial charge on any atom is 0.259 e. The Morgan fingerprint density at radius 3 is 2.66 bits per heavy atom. The number of ether oxygens (including phenoxy) is 4. The highest BCUT2D eigenvalue weighted by molar-refractivity contribution is 8.04. The molecule has 1 aromatic heterocycles. The van der Waals surface area contributed by atoms with Crippen LogP contribution in [-0.4, -0.2) is 110 Å². The van der Waals surface area contributed by atoms with Gasteiger partial charge < -0.3 is 34.5 Å². The number of aryl methyl sites for hydroxylation is 1. The Hall–Kier alpha value is -4.35. The quantitative estimate of drug-likeness (QED) is 0.263. The van der Waals surface area contributed by atoms with Crippen molar-refractivity contribution in [3.05, 3.63) is 46.9 Å². The Bertz CT molecular complexity index is 2110. The highest BCUT2D eigenvalue weighted by Gasteiger charge is 2.62. The molecule has 6 atom stereocenters. The number of aromatic nitrogens is 1. The molecule has 2 unspecified atom stereocenters. The molecule has 0 bridgehead atoms. The van der Waals surface area contributed by atoms with Crippen LogP contribution in [0.2, 0.25) is 0 Å². The molecule has 3 fully saturated rings. The zero-order chi connectivity index (χ0) is 41.2. The second-order valence-corrected chi connectivity index (χ2v) is 19.0. The predicted molar refractivity (Wildman–Crippen MR) is 218 cm³/mol. The number of sulfonamides is 1. The molecule has 1 aromatic carbocycles. The molecule has 314 valence electrons. The number of thioether (sulfide) groups is 1. The Labute approximate surface area is 343 Å². The number of methoxy groups -OCH3 is 2. The summed E-state index contributed by atoms with van der Waals surface area (Å²) in [7, 11) is -0.723. The summed E-state index contributed by atoms with van der Waals surface area (Å²) in [5.41, 5.74) is -0.114. The van der Waals surface area contributed by atoms with Gasteiger partial charge in [-0.25, -0.2) is 13.4 Å². The molecule has 5 aliphatic rings. The van der Waals surface area contributed by atoms with Crippen molar-refractivity contribution in [2.75, 3.05) is 34.0 Å². The highest BCUT2D eigenvalue weighted by atomic mass is 32.2. The van der Waals surface area contributed by atoms with Crippen molar-refractivity contribution in [3.8, 4) is 17.4 Å². The van der Waals surface area contributed by atoms with Crippen molar-refractivity contribution in [1.82, 2.24) is 25.2 Å². The SMILES string of the molecule is CCOc1cc(O[C@@H]2C[C@H]3C(=O)N[C@]4(C(=O)NS(=O)(=O)C5CC5)CC4/C=C\CCCCC[C@H](NC(=O)C4CC=C(COC)S4)C(=O)N3C2)c2ccc(OC)c(C)c2n1. The van der Waals surface area contributed by atoms with Gasteiger partial charge in [0.25, 0.3) is 5.91 Å². The fraction of sp³-hybridized carbons (Fsp3) is 0.585. The van der Waals surface area contributed by atoms with Gasteiger partial charge in [-0.1, -0.05) is 31.1 Å². The molecule has 2 saturated carbocycles. The Morgan fingerprint density at radius 2 is 1.91 bits per heavy atom. The molecular weight excluding hydrogens is 787 g/mol. The van der Waals surface area contributed by atoms with E-state index in [4.69, 9.17) is 23.9 Å². The summed E-state index contributed by atoms with van der Waals surface area (Å²) in [5.74, 6) is -1.11. The van der Waals surface area contributed by atoms with Gasteiger partial charge in [-0.2, -0.15) is 0 Å². The van der Waals surface area contributed by atoms with Gasteiger partial charge in [-0.3, -0.25) is 23.9 Å². The average Bonchev–Trinajstić information content (AvgIpc) is 4.08. The standard InChI is InChI=1S/C41H53N5O10S2/c1-5-55-35-20-33(29-16-17-32(54-4)24(2)36(29)43-35)56-26-19-31-37(47)44-41(40(50)45-58(51,52)28-14-15-28)21-25(41)11-9-7-6-8-10-12-30(39(49)46(31)22-26)42-38(48)34-18-13-27(57-34)23-53-3/h9,11,13,16-17,20,25-26,28,30-31,34H,5-8,10,12,14-15,18-19,21-23H2,1-4H3,(H,42,48)(H,44,47)(H,45,50)/b11-9-/t25?,26-,30+,31+,34?,41-/m1/s1. The number of fused-ring (bicyclic) bond motifs is 3. The van der Waals surface area contributed by atoms with Crippen LogP contribution in [0.3, 0.4) is 0 Å². The van der Waals surface area contributed by atoms with Crippen molar-refractivity contribution >= 4 is 56.3 Å². The summed E-state index contributed by atoms with van der Waals surface area (Å²) in [6, 6.07) is 3.31. The monoisotopic (exact) mass is 839 g/mol. The van der Waals surface area contributed by atoms with Gasteiger partial charge in [0.15, 0.2) is 0 Å². The second kappa shape index (κ2) is 17.5. The van der Waals surface area contributed by atoms with E-state index in [9.17, 15) is 27.6 Å². The van der Waals surface area contributed by atoms with Crippen LogP contribution in [0.15, 0.2) is 41.3 Å². The number of pyridine rings is 1. The van der Waals surface area contributed by atoms with E-state index < -0.39 is 67.9 Å². The molecule has 7 rings (SSSR count). The maximum absolute atomic E-state index is 14.8. The number of carbonyl (C=O) groups is 4. The molecule has 4 heterocycles. The molecular formula is C41H53N5O10S2. The summed E-state index contributed by atoms with van der Waals surface area (Å²) < 4.78 is 51.4. The van der Waals surface area contributed by atoms with E-state index in [1.165, 1.54) is 16.7 Å². The number of amides is 4. The number of hydrogen-bond donors (Lipinski definition) is 3. The van der Waals surface area contributed by atoms with Gasteiger partial charge in [-0.05, 0) is 70.9 Å². The molecule has 1 saturated heterocycles. The topological polar surface area (TPSA) is 192 Å². The first-order chi connectivity index (χ1) is 27.9. The number of benzene rings is 1. The van der Waals surface area contributed by atoms with E-state index in [1.54, 1.807) is 20.3 Å². The lowest BCUT2D eigenvalue weighted by Crippen LogP contribution is -2.58. The van der Waals surface area contributed by atoms with E-state index in [0.29, 0.717) is 80.0 Å². The molecule has 0 spiro atoms. The van der Waals surface area contributed by atoms with Crippen molar-refractivity contribution in [3.63, 3.8) is 0 Å². The van der Waals surface area contributed by atoms with E-state index in [-0.39, 0.29) is 25.3 Å². The number of nitrogens with one attached hydrogen (secondary N) is 3.